The van der Waals surface area contributed by atoms with Gasteiger partial charge in [0, 0.05) is 5.69 Å². The quantitative estimate of drug-likeness (QED) is 0.680. The molecule has 0 saturated heterocycles. The van der Waals surface area contributed by atoms with Crippen LogP contribution in [0.4, 0.5) is 5.69 Å². The Balaban J connectivity index is 1.63. The molecule has 19 heavy (non-hydrogen) atoms. The number of rotatable bonds is 3. The van der Waals surface area contributed by atoms with Crippen LogP contribution in [0.15, 0.2) is 18.2 Å². The maximum atomic E-state index is 12.1. The van der Waals surface area contributed by atoms with E-state index in [0.717, 1.165) is 11.8 Å². The molecule has 1 aromatic carbocycles. The third-order valence-electron chi connectivity index (χ3n) is 4.56. The predicted octanol–water partition coefficient (Wildman–Crippen LogP) is 3.52. The summed E-state index contributed by atoms with van der Waals surface area (Å²) in [5.74, 6) is 1.75. The second-order valence-corrected chi connectivity index (χ2v) is 6.14. The minimum Gasteiger partial charge on any atom is -0.462 e. The van der Waals surface area contributed by atoms with Crippen molar-refractivity contribution in [1.82, 2.24) is 0 Å². The molecule has 4 heteroatoms. The van der Waals surface area contributed by atoms with Crippen LogP contribution in [0.5, 0.6) is 0 Å². The van der Waals surface area contributed by atoms with Gasteiger partial charge in [0.2, 0.25) is 0 Å². The Morgan fingerprint density at radius 1 is 1.37 bits per heavy atom. The lowest BCUT2D eigenvalue weighted by molar-refractivity contribution is 0.0395. The number of carbonyl (C=O) groups excluding carboxylic acids is 1. The van der Waals surface area contributed by atoms with E-state index < -0.39 is 5.97 Å². The number of halogens is 1. The number of hydrogen-bond acceptors (Lipinski definition) is 3. The molecule has 0 aliphatic heterocycles. The van der Waals surface area contributed by atoms with E-state index in [1.807, 2.05) is 0 Å². The van der Waals surface area contributed by atoms with Gasteiger partial charge in [-0.1, -0.05) is 24.1 Å². The Morgan fingerprint density at radius 3 is 2.84 bits per heavy atom. The monoisotopic (exact) mass is 279 g/mol. The molecule has 2 aliphatic carbocycles. The van der Waals surface area contributed by atoms with Crippen molar-refractivity contribution in [2.45, 2.75) is 25.7 Å². The van der Waals surface area contributed by atoms with E-state index in [1.54, 1.807) is 18.2 Å². The third-order valence-corrected chi connectivity index (χ3v) is 4.88. The molecule has 3 nitrogen and oxygen atoms in total. The highest BCUT2D eigenvalue weighted by atomic mass is 35.5. The normalized spacial score (nSPS) is 28.6. The van der Waals surface area contributed by atoms with Crippen LogP contribution in [0.25, 0.3) is 0 Å². The highest BCUT2D eigenvalue weighted by Gasteiger charge is 2.40. The van der Waals surface area contributed by atoms with Crippen LogP contribution in [-0.2, 0) is 4.74 Å². The van der Waals surface area contributed by atoms with Gasteiger partial charge in [-0.3, -0.25) is 0 Å². The molecule has 2 saturated carbocycles. The zero-order valence-electron chi connectivity index (χ0n) is 10.8. The minimum atomic E-state index is -0.397. The molecular weight excluding hydrogens is 262 g/mol. The molecule has 2 bridgehead atoms. The summed E-state index contributed by atoms with van der Waals surface area (Å²) in [4.78, 5) is 12.1. The highest BCUT2D eigenvalue weighted by molar-refractivity contribution is 6.34. The van der Waals surface area contributed by atoms with Crippen molar-refractivity contribution in [3.63, 3.8) is 0 Å². The van der Waals surface area contributed by atoms with Crippen molar-refractivity contribution < 1.29 is 9.53 Å². The number of carbonyl (C=O) groups is 1. The van der Waals surface area contributed by atoms with Gasteiger partial charge in [-0.15, -0.1) is 0 Å². The summed E-state index contributed by atoms with van der Waals surface area (Å²) in [5, 5.41) is 0.359. The van der Waals surface area contributed by atoms with Crippen molar-refractivity contribution in [3.8, 4) is 0 Å². The standard InChI is InChI=1S/C15H18ClNO2/c16-12-2-1-3-13(17)14(12)15(18)19-8-11-7-9-4-5-10(11)6-9/h1-3,9-11H,4-8,17H2. The van der Waals surface area contributed by atoms with Gasteiger partial charge in [-0.05, 0) is 49.1 Å². The first-order valence-electron chi connectivity index (χ1n) is 6.86. The fourth-order valence-corrected chi connectivity index (χ4v) is 3.85. The minimum absolute atomic E-state index is 0.298. The third kappa shape index (κ3) is 2.44. The zero-order chi connectivity index (χ0) is 13.4. The van der Waals surface area contributed by atoms with E-state index in [4.69, 9.17) is 22.1 Å². The SMILES string of the molecule is Nc1cccc(Cl)c1C(=O)OCC1CC2CCC1C2. The molecule has 2 N–H and O–H groups in total. The summed E-state index contributed by atoms with van der Waals surface area (Å²) < 4.78 is 5.42. The molecular formula is C15H18ClNO2. The van der Waals surface area contributed by atoms with Gasteiger partial charge in [-0.2, -0.15) is 0 Å². The topological polar surface area (TPSA) is 52.3 Å². The molecule has 1 aromatic rings. The van der Waals surface area contributed by atoms with Gasteiger partial charge in [0.15, 0.2) is 0 Å². The number of ether oxygens (including phenoxy) is 1. The first kappa shape index (κ1) is 12.8. The van der Waals surface area contributed by atoms with Crippen molar-refractivity contribution in [2.24, 2.45) is 17.8 Å². The number of hydrogen-bond donors (Lipinski definition) is 1. The van der Waals surface area contributed by atoms with Crippen LogP contribution in [0.2, 0.25) is 5.02 Å². The maximum absolute atomic E-state index is 12.1. The summed E-state index contributed by atoms with van der Waals surface area (Å²) in [6, 6.07) is 5.05. The predicted molar refractivity (Wildman–Crippen MR) is 75.1 cm³/mol. The van der Waals surface area contributed by atoms with Crippen molar-refractivity contribution in [1.29, 1.82) is 0 Å². The summed E-state index contributed by atoms with van der Waals surface area (Å²) in [7, 11) is 0. The lowest BCUT2D eigenvalue weighted by Gasteiger charge is -2.21. The lowest BCUT2D eigenvalue weighted by Crippen LogP contribution is -2.20. The number of nitrogen functional groups attached to an aromatic ring is 1. The summed E-state index contributed by atoms with van der Waals surface area (Å²) in [6.07, 6.45) is 5.17. The van der Waals surface area contributed by atoms with Gasteiger partial charge < -0.3 is 10.5 Å². The van der Waals surface area contributed by atoms with Crippen LogP contribution in [0.1, 0.15) is 36.0 Å². The fraction of sp³-hybridized carbons (Fsp3) is 0.533. The Hall–Kier alpha value is -1.22. The number of esters is 1. The molecule has 0 radical (unpaired) electrons. The average molecular weight is 280 g/mol. The first-order valence-corrected chi connectivity index (χ1v) is 7.24. The van der Waals surface area contributed by atoms with Gasteiger partial charge in [0.25, 0.3) is 0 Å². The van der Waals surface area contributed by atoms with Crippen molar-refractivity contribution in [2.75, 3.05) is 12.3 Å². The van der Waals surface area contributed by atoms with Crippen LogP contribution in [0, 0.1) is 17.8 Å². The lowest BCUT2D eigenvalue weighted by atomic mass is 9.89. The second-order valence-electron chi connectivity index (χ2n) is 5.74. The molecule has 3 atom stereocenters. The Morgan fingerprint density at radius 2 is 2.21 bits per heavy atom. The van der Waals surface area contributed by atoms with Gasteiger partial charge in [0.05, 0.1) is 11.6 Å². The van der Waals surface area contributed by atoms with E-state index in [-0.39, 0.29) is 0 Å². The molecule has 2 aliphatic rings. The van der Waals surface area contributed by atoms with Gasteiger partial charge >= 0.3 is 5.97 Å². The Labute approximate surface area is 118 Å². The van der Waals surface area contributed by atoms with Crippen molar-refractivity contribution in [3.05, 3.63) is 28.8 Å². The van der Waals surface area contributed by atoms with Gasteiger partial charge in [-0.25, -0.2) is 4.79 Å². The Bertz CT molecular complexity index is 483. The average Bonchev–Trinajstić information content (AvgIpc) is 2.98. The molecule has 0 heterocycles. The largest absolute Gasteiger partial charge is 0.462 e. The summed E-state index contributed by atoms with van der Waals surface area (Å²) in [6.45, 7) is 0.505. The molecule has 3 unspecified atom stereocenters. The van der Waals surface area contributed by atoms with Gasteiger partial charge in [0.1, 0.15) is 5.56 Å². The van der Waals surface area contributed by atoms with E-state index in [9.17, 15) is 4.79 Å². The van der Waals surface area contributed by atoms with E-state index >= 15 is 0 Å². The van der Waals surface area contributed by atoms with Crippen LogP contribution >= 0.6 is 11.6 Å². The van der Waals surface area contributed by atoms with Crippen LogP contribution < -0.4 is 5.73 Å². The second kappa shape index (κ2) is 5.04. The number of fused-ring (bicyclic) bond motifs is 2. The summed E-state index contributed by atoms with van der Waals surface area (Å²) in [5.41, 5.74) is 6.46. The summed E-state index contributed by atoms with van der Waals surface area (Å²) >= 11 is 6.00. The van der Waals surface area contributed by atoms with Crippen LogP contribution in [0.3, 0.4) is 0 Å². The van der Waals surface area contributed by atoms with Crippen LogP contribution in [-0.4, -0.2) is 12.6 Å². The molecule has 102 valence electrons. The maximum Gasteiger partial charge on any atom is 0.341 e. The fourth-order valence-electron chi connectivity index (χ4n) is 3.59. The zero-order valence-corrected chi connectivity index (χ0v) is 11.5. The van der Waals surface area contributed by atoms with E-state index in [0.29, 0.717) is 28.8 Å². The number of nitrogens with two attached hydrogens (primary N) is 1. The molecule has 0 spiro atoms. The first-order chi connectivity index (χ1) is 9.15. The Kier molecular flexibility index (Phi) is 3.40. The van der Waals surface area contributed by atoms with E-state index in [2.05, 4.69) is 0 Å². The molecule has 3 rings (SSSR count). The molecule has 0 aromatic heterocycles. The number of anilines is 1. The van der Waals surface area contributed by atoms with E-state index in [1.165, 1.54) is 25.7 Å². The molecule has 2 fully saturated rings. The smallest absolute Gasteiger partial charge is 0.341 e. The highest BCUT2D eigenvalue weighted by Crippen LogP contribution is 2.48. The molecule has 0 amide bonds. The number of benzene rings is 1. The van der Waals surface area contributed by atoms with Crippen molar-refractivity contribution >= 4 is 23.3 Å².